The van der Waals surface area contributed by atoms with E-state index in [1.807, 2.05) is 25.1 Å². The third kappa shape index (κ3) is 4.67. The van der Waals surface area contributed by atoms with Crippen LogP contribution in [-0.2, 0) is 11.3 Å². The van der Waals surface area contributed by atoms with Gasteiger partial charge in [-0.25, -0.2) is 0 Å². The lowest BCUT2D eigenvalue weighted by molar-refractivity contribution is 0.107. The Hall–Kier alpha value is -1.06. The van der Waals surface area contributed by atoms with Crippen LogP contribution in [0.1, 0.15) is 26.3 Å². The lowest BCUT2D eigenvalue weighted by atomic mass is 10.0. The highest BCUT2D eigenvalue weighted by atomic mass is 16.5. The summed E-state index contributed by atoms with van der Waals surface area (Å²) in [4.78, 5) is 0. The van der Waals surface area contributed by atoms with E-state index in [2.05, 4.69) is 25.2 Å². The molecule has 0 saturated carbocycles. The summed E-state index contributed by atoms with van der Waals surface area (Å²) in [5.74, 6) is 1.48. The van der Waals surface area contributed by atoms with Gasteiger partial charge >= 0.3 is 0 Å². The fourth-order valence-electron chi connectivity index (χ4n) is 1.82. The molecule has 0 radical (unpaired) electrons. The molecule has 1 atom stereocenters. The van der Waals surface area contributed by atoms with Gasteiger partial charge in [0.15, 0.2) is 0 Å². The number of benzene rings is 1. The Labute approximate surface area is 110 Å². The fraction of sp³-hybridized carbons (Fsp3) is 0.600. The van der Waals surface area contributed by atoms with Gasteiger partial charge in [0, 0.05) is 24.8 Å². The van der Waals surface area contributed by atoms with E-state index in [-0.39, 0.29) is 0 Å². The predicted octanol–water partition coefficient (Wildman–Crippen LogP) is 2.85. The molecule has 1 aromatic rings. The maximum atomic E-state index is 5.51. The molecule has 102 valence electrons. The van der Waals surface area contributed by atoms with E-state index in [9.17, 15) is 0 Å². The molecule has 0 heterocycles. The number of methoxy groups -OCH3 is 1. The second kappa shape index (κ2) is 8.11. The molecule has 1 N–H and O–H groups in total. The highest BCUT2D eigenvalue weighted by Crippen LogP contribution is 2.17. The first-order valence-electron chi connectivity index (χ1n) is 6.62. The molecule has 0 aromatic heterocycles. The molecule has 3 nitrogen and oxygen atoms in total. The van der Waals surface area contributed by atoms with Gasteiger partial charge in [0.25, 0.3) is 0 Å². The first kappa shape index (κ1) is 15.0. The maximum Gasteiger partial charge on any atom is 0.123 e. The number of hydrogen-bond acceptors (Lipinski definition) is 3. The van der Waals surface area contributed by atoms with E-state index < -0.39 is 0 Å². The first-order valence-corrected chi connectivity index (χ1v) is 6.62. The van der Waals surface area contributed by atoms with Crippen molar-refractivity contribution in [3.63, 3.8) is 0 Å². The van der Waals surface area contributed by atoms with Crippen molar-refractivity contribution in [2.24, 2.45) is 5.92 Å². The zero-order chi connectivity index (χ0) is 13.4. The number of para-hydroxylation sites is 1. The Balaban J connectivity index is 2.55. The number of rotatable bonds is 8. The summed E-state index contributed by atoms with van der Waals surface area (Å²) < 4.78 is 10.9. The van der Waals surface area contributed by atoms with Crippen LogP contribution < -0.4 is 10.1 Å². The number of hydrogen-bond donors (Lipinski definition) is 1. The predicted molar refractivity (Wildman–Crippen MR) is 75.0 cm³/mol. The van der Waals surface area contributed by atoms with Crippen molar-refractivity contribution in [2.45, 2.75) is 33.4 Å². The monoisotopic (exact) mass is 251 g/mol. The van der Waals surface area contributed by atoms with Crippen molar-refractivity contribution in [3.8, 4) is 5.75 Å². The average molecular weight is 251 g/mol. The van der Waals surface area contributed by atoms with Gasteiger partial charge in [0.1, 0.15) is 5.75 Å². The normalized spacial score (nSPS) is 12.7. The van der Waals surface area contributed by atoms with Gasteiger partial charge < -0.3 is 14.8 Å². The lowest BCUT2D eigenvalue weighted by Crippen LogP contribution is -2.37. The molecule has 0 aliphatic rings. The Kier molecular flexibility index (Phi) is 6.76. The molecule has 0 amide bonds. The largest absolute Gasteiger partial charge is 0.496 e. The zero-order valence-corrected chi connectivity index (χ0v) is 11.9. The quantitative estimate of drug-likeness (QED) is 0.770. The van der Waals surface area contributed by atoms with Crippen molar-refractivity contribution in [2.75, 3.05) is 20.3 Å². The van der Waals surface area contributed by atoms with Crippen molar-refractivity contribution in [1.29, 1.82) is 0 Å². The van der Waals surface area contributed by atoms with E-state index in [1.54, 1.807) is 7.11 Å². The molecule has 1 rings (SSSR count). The van der Waals surface area contributed by atoms with Gasteiger partial charge in [-0.05, 0) is 18.9 Å². The van der Waals surface area contributed by atoms with Crippen LogP contribution in [-0.4, -0.2) is 26.4 Å². The summed E-state index contributed by atoms with van der Waals surface area (Å²) in [6, 6.07) is 8.47. The van der Waals surface area contributed by atoms with Crippen LogP contribution in [0.4, 0.5) is 0 Å². The number of ether oxygens (including phenoxy) is 2. The highest BCUT2D eigenvalue weighted by Gasteiger charge is 2.13. The molecular weight excluding hydrogens is 226 g/mol. The topological polar surface area (TPSA) is 30.5 Å². The average Bonchev–Trinajstić information content (AvgIpc) is 2.38. The van der Waals surface area contributed by atoms with Crippen LogP contribution in [0.3, 0.4) is 0 Å². The Bertz CT molecular complexity index is 339. The summed E-state index contributed by atoms with van der Waals surface area (Å²) in [5.41, 5.74) is 1.18. The fourth-order valence-corrected chi connectivity index (χ4v) is 1.82. The van der Waals surface area contributed by atoms with Crippen molar-refractivity contribution in [3.05, 3.63) is 29.8 Å². The Morgan fingerprint density at radius 3 is 2.56 bits per heavy atom. The second-order valence-electron chi connectivity index (χ2n) is 4.70. The first-order chi connectivity index (χ1) is 8.69. The Morgan fingerprint density at radius 2 is 1.94 bits per heavy atom. The van der Waals surface area contributed by atoms with Crippen molar-refractivity contribution >= 4 is 0 Å². The third-order valence-corrected chi connectivity index (χ3v) is 3.05. The summed E-state index contributed by atoms with van der Waals surface area (Å²) in [7, 11) is 1.71. The van der Waals surface area contributed by atoms with E-state index in [4.69, 9.17) is 9.47 Å². The molecule has 18 heavy (non-hydrogen) atoms. The van der Waals surface area contributed by atoms with Crippen LogP contribution in [0, 0.1) is 5.92 Å². The van der Waals surface area contributed by atoms with Gasteiger partial charge in [0.05, 0.1) is 13.7 Å². The van der Waals surface area contributed by atoms with E-state index in [0.717, 1.165) is 25.5 Å². The molecule has 0 bridgehead atoms. The SMILES string of the molecule is CCOCC(NCc1ccccc1OC)C(C)C. The summed E-state index contributed by atoms with van der Waals surface area (Å²) in [6.07, 6.45) is 0. The molecule has 1 unspecified atom stereocenters. The smallest absolute Gasteiger partial charge is 0.123 e. The maximum absolute atomic E-state index is 5.51. The van der Waals surface area contributed by atoms with E-state index >= 15 is 0 Å². The minimum atomic E-state index is 0.370. The molecular formula is C15H25NO2. The summed E-state index contributed by atoms with van der Waals surface area (Å²) in [6.45, 7) is 8.76. The van der Waals surface area contributed by atoms with Crippen molar-refractivity contribution in [1.82, 2.24) is 5.32 Å². The summed E-state index contributed by atoms with van der Waals surface area (Å²) >= 11 is 0. The van der Waals surface area contributed by atoms with Crippen LogP contribution >= 0.6 is 0 Å². The third-order valence-electron chi connectivity index (χ3n) is 3.05. The number of nitrogens with one attached hydrogen (secondary N) is 1. The van der Waals surface area contributed by atoms with Gasteiger partial charge in [-0.15, -0.1) is 0 Å². The van der Waals surface area contributed by atoms with E-state index in [1.165, 1.54) is 5.56 Å². The van der Waals surface area contributed by atoms with Gasteiger partial charge in [-0.2, -0.15) is 0 Å². The lowest BCUT2D eigenvalue weighted by Gasteiger charge is -2.22. The van der Waals surface area contributed by atoms with Crippen LogP contribution in [0.5, 0.6) is 5.75 Å². The molecule has 0 spiro atoms. The van der Waals surface area contributed by atoms with Gasteiger partial charge in [-0.3, -0.25) is 0 Å². The highest BCUT2D eigenvalue weighted by molar-refractivity contribution is 5.33. The zero-order valence-electron chi connectivity index (χ0n) is 11.9. The molecule has 0 aliphatic carbocycles. The molecule has 0 saturated heterocycles. The standard InChI is InChI=1S/C15H25NO2/c1-5-18-11-14(12(2)3)16-10-13-8-6-7-9-15(13)17-4/h6-9,12,14,16H,5,10-11H2,1-4H3. The van der Waals surface area contributed by atoms with Crippen LogP contribution in [0.2, 0.25) is 0 Å². The Morgan fingerprint density at radius 1 is 1.22 bits per heavy atom. The minimum absolute atomic E-state index is 0.370. The van der Waals surface area contributed by atoms with Crippen molar-refractivity contribution < 1.29 is 9.47 Å². The molecule has 0 aliphatic heterocycles. The molecule has 0 fully saturated rings. The van der Waals surface area contributed by atoms with E-state index in [0.29, 0.717) is 12.0 Å². The molecule has 1 aromatic carbocycles. The van der Waals surface area contributed by atoms with Crippen LogP contribution in [0.25, 0.3) is 0 Å². The second-order valence-corrected chi connectivity index (χ2v) is 4.70. The van der Waals surface area contributed by atoms with Gasteiger partial charge in [0.2, 0.25) is 0 Å². The molecule has 3 heteroatoms. The van der Waals surface area contributed by atoms with Crippen LogP contribution in [0.15, 0.2) is 24.3 Å². The minimum Gasteiger partial charge on any atom is -0.496 e. The summed E-state index contributed by atoms with van der Waals surface area (Å²) in [5, 5.41) is 3.54. The van der Waals surface area contributed by atoms with Gasteiger partial charge in [-0.1, -0.05) is 32.0 Å².